The molecule has 2 unspecified atom stereocenters. The van der Waals surface area contributed by atoms with Crippen molar-refractivity contribution in [1.82, 2.24) is 0 Å². The van der Waals surface area contributed by atoms with Crippen molar-refractivity contribution in [3.63, 3.8) is 0 Å². The fraction of sp³-hybridized carbons (Fsp3) is 0.667. The van der Waals surface area contributed by atoms with Crippen LogP contribution in [0.2, 0.25) is 0 Å². The lowest BCUT2D eigenvalue weighted by Gasteiger charge is -2.25. The SMILES string of the molecule is CC(C)c1ccc(C(N)C(C)C2CC2)c(C(C)C)c1. The summed E-state index contributed by atoms with van der Waals surface area (Å²) in [5.74, 6) is 2.61. The predicted octanol–water partition coefficient (Wildman–Crippen LogP) is 4.98. The molecule has 0 amide bonds. The summed E-state index contributed by atoms with van der Waals surface area (Å²) in [6.07, 6.45) is 2.74. The molecule has 2 rings (SSSR count). The van der Waals surface area contributed by atoms with Crippen LogP contribution in [-0.4, -0.2) is 0 Å². The van der Waals surface area contributed by atoms with Crippen LogP contribution in [0, 0.1) is 11.8 Å². The minimum Gasteiger partial charge on any atom is -0.324 e. The first-order valence-corrected chi connectivity index (χ1v) is 7.81. The van der Waals surface area contributed by atoms with Crippen LogP contribution in [0.3, 0.4) is 0 Å². The second-order valence-electron chi connectivity index (χ2n) is 6.92. The highest BCUT2D eigenvalue weighted by Gasteiger charge is 2.33. The number of hydrogen-bond donors (Lipinski definition) is 1. The molecule has 2 atom stereocenters. The van der Waals surface area contributed by atoms with E-state index in [2.05, 4.69) is 52.8 Å². The van der Waals surface area contributed by atoms with Gasteiger partial charge in [-0.3, -0.25) is 0 Å². The van der Waals surface area contributed by atoms with E-state index in [4.69, 9.17) is 5.73 Å². The van der Waals surface area contributed by atoms with Crippen LogP contribution in [0.25, 0.3) is 0 Å². The van der Waals surface area contributed by atoms with Crippen molar-refractivity contribution in [2.24, 2.45) is 17.6 Å². The van der Waals surface area contributed by atoms with E-state index in [0.717, 1.165) is 5.92 Å². The molecule has 0 radical (unpaired) electrons. The fourth-order valence-electron chi connectivity index (χ4n) is 2.95. The van der Waals surface area contributed by atoms with Gasteiger partial charge in [-0.15, -0.1) is 0 Å². The van der Waals surface area contributed by atoms with Gasteiger partial charge >= 0.3 is 0 Å². The zero-order valence-corrected chi connectivity index (χ0v) is 13.1. The molecular weight excluding hydrogens is 230 g/mol. The van der Waals surface area contributed by atoms with Crippen molar-refractivity contribution in [3.8, 4) is 0 Å². The first kappa shape index (κ1) is 14.6. The first-order valence-electron chi connectivity index (χ1n) is 7.81. The molecule has 0 aromatic heterocycles. The van der Waals surface area contributed by atoms with E-state index in [1.165, 1.54) is 29.5 Å². The molecule has 1 heteroatoms. The smallest absolute Gasteiger partial charge is 0.0326 e. The molecule has 1 aromatic rings. The second-order valence-corrected chi connectivity index (χ2v) is 6.92. The van der Waals surface area contributed by atoms with E-state index in [1.54, 1.807) is 0 Å². The Bertz CT molecular complexity index is 429. The highest BCUT2D eigenvalue weighted by molar-refractivity contribution is 5.37. The van der Waals surface area contributed by atoms with Crippen molar-refractivity contribution >= 4 is 0 Å². The lowest BCUT2D eigenvalue weighted by molar-refractivity contribution is 0.414. The molecule has 1 fully saturated rings. The van der Waals surface area contributed by atoms with Crippen LogP contribution in [0.1, 0.15) is 82.0 Å². The summed E-state index contributed by atoms with van der Waals surface area (Å²) < 4.78 is 0. The van der Waals surface area contributed by atoms with Gasteiger partial charge in [0.2, 0.25) is 0 Å². The average molecular weight is 259 g/mol. The predicted molar refractivity (Wildman–Crippen MR) is 83.4 cm³/mol. The monoisotopic (exact) mass is 259 g/mol. The van der Waals surface area contributed by atoms with E-state index in [0.29, 0.717) is 17.8 Å². The third-order valence-electron chi connectivity index (χ3n) is 4.69. The number of benzene rings is 1. The summed E-state index contributed by atoms with van der Waals surface area (Å²) in [4.78, 5) is 0. The van der Waals surface area contributed by atoms with Crippen molar-refractivity contribution in [1.29, 1.82) is 0 Å². The molecule has 1 aliphatic carbocycles. The summed E-state index contributed by atoms with van der Waals surface area (Å²) in [5, 5.41) is 0. The van der Waals surface area contributed by atoms with Crippen LogP contribution >= 0.6 is 0 Å². The van der Waals surface area contributed by atoms with Crippen molar-refractivity contribution in [2.45, 2.75) is 65.3 Å². The van der Waals surface area contributed by atoms with E-state index in [1.807, 2.05) is 0 Å². The Kier molecular flexibility index (Phi) is 4.35. The number of nitrogens with two attached hydrogens (primary N) is 1. The lowest BCUT2D eigenvalue weighted by atomic mass is 9.83. The van der Waals surface area contributed by atoms with Crippen molar-refractivity contribution in [3.05, 3.63) is 34.9 Å². The molecule has 0 spiro atoms. The van der Waals surface area contributed by atoms with Crippen LogP contribution in [-0.2, 0) is 0 Å². The fourth-order valence-corrected chi connectivity index (χ4v) is 2.95. The molecule has 19 heavy (non-hydrogen) atoms. The largest absolute Gasteiger partial charge is 0.324 e. The average Bonchev–Trinajstić information content (AvgIpc) is 3.20. The van der Waals surface area contributed by atoms with Crippen LogP contribution in [0.15, 0.2) is 18.2 Å². The molecule has 1 aliphatic rings. The van der Waals surface area contributed by atoms with Crippen LogP contribution in [0.5, 0.6) is 0 Å². The third-order valence-corrected chi connectivity index (χ3v) is 4.69. The minimum absolute atomic E-state index is 0.200. The van der Waals surface area contributed by atoms with Crippen molar-refractivity contribution < 1.29 is 0 Å². The molecule has 1 saturated carbocycles. The summed E-state index contributed by atoms with van der Waals surface area (Å²) in [6, 6.07) is 7.13. The van der Waals surface area contributed by atoms with Gasteiger partial charge in [0.1, 0.15) is 0 Å². The van der Waals surface area contributed by atoms with Gasteiger partial charge in [0.15, 0.2) is 0 Å². The maximum Gasteiger partial charge on any atom is 0.0326 e. The Balaban J connectivity index is 2.32. The quantitative estimate of drug-likeness (QED) is 0.793. The maximum atomic E-state index is 6.54. The summed E-state index contributed by atoms with van der Waals surface area (Å²) in [7, 11) is 0. The van der Waals surface area contributed by atoms with Crippen LogP contribution < -0.4 is 5.73 Å². The maximum absolute atomic E-state index is 6.54. The van der Waals surface area contributed by atoms with E-state index < -0.39 is 0 Å². The normalized spacial score (nSPS) is 18.9. The van der Waals surface area contributed by atoms with Gasteiger partial charge in [-0.05, 0) is 53.2 Å². The van der Waals surface area contributed by atoms with Gasteiger partial charge in [0.25, 0.3) is 0 Å². The number of rotatable bonds is 5. The zero-order chi connectivity index (χ0) is 14.2. The van der Waals surface area contributed by atoms with E-state index >= 15 is 0 Å². The molecule has 0 saturated heterocycles. The lowest BCUT2D eigenvalue weighted by Crippen LogP contribution is -2.22. The first-order chi connectivity index (χ1) is 8.91. The Morgan fingerprint density at radius 1 is 0.947 bits per heavy atom. The van der Waals surface area contributed by atoms with E-state index in [9.17, 15) is 0 Å². The molecule has 2 N–H and O–H groups in total. The third kappa shape index (κ3) is 3.20. The van der Waals surface area contributed by atoms with Crippen molar-refractivity contribution in [2.75, 3.05) is 0 Å². The minimum atomic E-state index is 0.200. The Labute approximate surface area is 118 Å². The standard InChI is InChI=1S/C18H29N/c1-11(2)15-8-9-16(17(10-15)12(3)4)18(19)13(5)14-6-7-14/h8-14,18H,6-7,19H2,1-5H3. The molecule has 0 aliphatic heterocycles. The molecule has 1 nitrogen and oxygen atoms in total. The van der Waals surface area contributed by atoms with Gasteiger partial charge in [-0.25, -0.2) is 0 Å². The molecule has 0 heterocycles. The van der Waals surface area contributed by atoms with Gasteiger partial charge in [0, 0.05) is 6.04 Å². The Hall–Kier alpha value is -0.820. The second kappa shape index (κ2) is 5.66. The van der Waals surface area contributed by atoms with Gasteiger partial charge in [0.05, 0.1) is 0 Å². The van der Waals surface area contributed by atoms with Gasteiger partial charge in [-0.2, -0.15) is 0 Å². The number of hydrogen-bond acceptors (Lipinski definition) is 1. The van der Waals surface area contributed by atoms with E-state index in [-0.39, 0.29) is 6.04 Å². The highest BCUT2D eigenvalue weighted by atomic mass is 14.7. The zero-order valence-electron chi connectivity index (χ0n) is 13.1. The summed E-state index contributed by atoms with van der Waals surface area (Å²) >= 11 is 0. The summed E-state index contributed by atoms with van der Waals surface area (Å²) in [5.41, 5.74) is 10.8. The summed E-state index contributed by atoms with van der Waals surface area (Å²) in [6.45, 7) is 11.4. The van der Waals surface area contributed by atoms with Gasteiger partial charge < -0.3 is 5.73 Å². The highest BCUT2D eigenvalue weighted by Crippen LogP contribution is 2.43. The van der Waals surface area contributed by atoms with Crippen LogP contribution in [0.4, 0.5) is 0 Å². The Morgan fingerprint density at radius 2 is 1.58 bits per heavy atom. The molecule has 106 valence electrons. The molecular formula is C18H29N. The molecule has 0 bridgehead atoms. The molecule has 1 aromatic carbocycles. The topological polar surface area (TPSA) is 26.0 Å². The van der Waals surface area contributed by atoms with Gasteiger partial charge in [-0.1, -0.05) is 52.8 Å². The Morgan fingerprint density at radius 3 is 2.05 bits per heavy atom.